The van der Waals surface area contributed by atoms with Crippen LogP contribution in [0.5, 0.6) is 0 Å². The monoisotopic (exact) mass is 257 g/mol. The standard InChI is InChI=1S/C15H15NOS/c17-15(12-7-4-10-16-12)14-9-8-13(18-14)11-5-2-1-3-6-11/h1-3,5-6,8-9,12,16H,4,7,10H2. The van der Waals surface area contributed by atoms with Gasteiger partial charge in [-0.1, -0.05) is 30.3 Å². The maximum absolute atomic E-state index is 12.2. The first-order chi connectivity index (χ1) is 8.84. The van der Waals surface area contributed by atoms with Crippen molar-refractivity contribution in [2.75, 3.05) is 6.54 Å². The van der Waals surface area contributed by atoms with Crippen LogP contribution in [0.1, 0.15) is 22.5 Å². The molecular weight excluding hydrogens is 242 g/mol. The number of carbonyl (C=O) groups excluding carboxylic acids is 1. The first-order valence-corrected chi connectivity index (χ1v) is 7.09. The summed E-state index contributed by atoms with van der Waals surface area (Å²) < 4.78 is 0. The number of rotatable bonds is 3. The molecule has 2 nitrogen and oxygen atoms in total. The maximum atomic E-state index is 12.2. The van der Waals surface area contributed by atoms with E-state index in [2.05, 4.69) is 17.4 Å². The molecule has 1 atom stereocenters. The van der Waals surface area contributed by atoms with Crippen molar-refractivity contribution in [2.24, 2.45) is 0 Å². The molecule has 0 saturated carbocycles. The van der Waals surface area contributed by atoms with Gasteiger partial charge in [-0.3, -0.25) is 4.79 Å². The van der Waals surface area contributed by atoms with Gasteiger partial charge in [0.15, 0.2) is 5.78 Å². The Morgan fingerprint density at radius 2 is 2.00 bits per heavy atom. The number of Topliss-reactive ketones (excluding diaryl/α,β-unsaturated/α-hetero) is 1. The van der Waals surface area contributed by atoms with Gasteiger partial charge in [0.2, 0.25) is 0 Å². The zero-order chi connectivity index (χ0) is 12.4. The van der Waals surface area contributed by atoms with E-state index in [-0.39, 0.29) is 11.8 Å². The SMILES string of the molecule is O=C(c1ccc(-c2ccccc2)s1)C1CCCN1. The third-order valence-corrected chi connectivity index (χ3v) is 4.43. The summed E-state index contributed by atoms with van der Waals surface area (Å²) >= 11 is 1.59. The molecule has 0 spiro atoms. The van der Waals surface area contributed by atoms with Crippen molar-refractivity contribution >= 4 is 17.1 Å². The average Bonchev–Trinajstić information content (AvgIpc) is 3.10. The molecule has 0 amide bonds. The minimum absolute atomic E-state index is 0.0345. The lowest BCUT2D eigenvalue weighted by Gasteiger charge is -2.06. The lowest BCUT2D eigenvalue weighted by atomic mass is 10.1. The summed E-state index contributed by atoms with van der Waals surface area (Å²) in [5.74, 6) is 0.250. The van der Waals surface area contributed by atoms with Crippen LogP contribution in [0.15, 0.2) is 42.5 Å². The molecule has 1 aromatic carbocycles. The summed E-state index contributed by atoms with van der Waals surface area (Å²) in [4.78, 5) is 14.3. The zero-order valence-corrected chi connectivity index (χ0v) is 10.9. The highest BCUT2D eigenvalue weighted by atomic mass is 32.1. The number of nitrogens with one attached hydrogen (secondary N) is 1. The molecule has 0 aliphatic carbocycles. The highest BCUT2D eigenvalue weighted by molar-refractivity contribution is 7.17. The lowest BCUT2D eigenvalue weighted by Crippen LogP contribution is -2.30. The van der Waals surface area contributed by atoms with Crippen LogP contribution in [0, 0.1) is 0 Å². The Morgan fingerprint density at radius 3 is 2.72 bits per heavy atom. The minimum Gasteiger partial charge on any atom is -0.307 e. The van der Waals surface area contributed by atoms with E-state index in [1.807, 2.05) is 30.3 Å². The molecule has 3 rings (SSSR count). The third kappa shape index (κ3) is 2.24. The van der Waals surface area contributed by atoms with E-state index in [0.717, 1.165) is 29.1 Å². The predicted molar refractivity (Wildman–Crippen MR) is 75.1 cm³/mol. The molecule has 3 heteroatoms. The van der Waals surface area contributed by atoms with Crippen molar-refractivity contribution in [2.45, 2.75) is 18.9 Å². The van der Waals surface area contributed by atoms with E-state index in [0.29, 0.717) is 0 Å². The summed E-state index contributed by atoms with van der Waals surface area (Å²) in [6.45, 7) is 0.966. The average molecular weight is 257 g/mol. The molecule has 0 radical (unpaired) electrons. The molecular formula is C15H15NOS. The number of thiophene rings is 1. The van der Waals surface area contributed by atoms with Gasteiger partial charge in [-0.15, -0.1) is 11.3 Å². The van der Waals surface area contributed by atoms with Crippen molar-refractivity contribution in [1.82, 2.24) is 5.32 Å². The number of hydrogen-bond acceptors (Lipinski definition) is 3. The molecule has 1 aliphatic heterocycles. The molecule has 2 aromatic rings. The maximum Gasteiger partial charge on any atom is 0.189 e. The van der Waals surface area contributed by atoms with Crippen molar-refractivity contribution < 1.29 is 4.79 Å². The zero-order valence-electron chi connectivity index (χ0n) is 10.1. The fraction of sp³-hybridized carbons (Fsp3) is 0.267. The van der Waals surface area contributed by atoms with Crippen molar-refractivity contribution in [3.8, 4) is 10.4 Å². The molecule has 1 saturated heterocycles. The van der Waals surface area contributed by atoms with Crippen molar-refractivity contribution in [3.05, 3.63) is 47.3 Å². The molecule has 18 heavy (non-hydrogen) atoms. The molecule has 1 aromatic heterocycles. The van der Waals surface area contributed by atoms with Crippen molar-refractivity contribution in [1.29, 1.82) is 0 Å². The molecule has 92 valence electrons. The first kappa shape index (κ1) is 11.6. The third-order valence-electron chi connectivity index (χ3n) is 3.28. The summed E-state index contributed by atoms with van der Waals surface area (Å²) in [5, 5.41) is 3.26. The van der Waals surface area contributed by atoms with Gasteiger partial charge in [-0.05, 0) is 37.1 Å². The minimum atomic E-state index is 0.0345. The summed E-state index contributed by atoms with van der Waals surface area (Å²) in [6, 6.07) is 14.2. The highest BCUT2D eigenvalue weighted by Crippen LogP contribution is 2.29. The molecule has 1 aliphatic rings. The second kappa shape index (κ2) is 5.04. The van der Waals surface area contributed by atoms with Gasteiger partial charge in [0.1, 0.15) is 0 Å². The van der Waals surface area contributed by atoms with E-state index >= 15 is 0 Å². The molecule has 1 N–H and O–H groups in total. The topological polar surface area (TPSA) is 29.1 Å². The molecule has 1 unspecified atom stereocenters. The molecule has 1 fully saturated rings. The van der Waals surface area contributed by atoms with Gasteiger partial charge in [0.25, 0.3) is 0 Å². The normalized spacial score (nSPS) is 19.0. The Hall–Kier alpha value is -1.45. The smallest absolute Gasteiger partial charge is 0.189 e. The van der Waals surface area contributed by atoms with E-state index in [1.165, 1.54) is 5.56 Å². The van der Waals surface area contributed by atoms with E-state index in [4.69, 9.17) is 0 Å². The number of hydrogen-bond donors (Lipinski definition) is 1. The van der Waals surface area contributed by atoms with Crippen LogP contribution in [-0.4, -0.2) is 18.4 Å². The Morgan fingerprint density at radius 1 is 1.17 bits per heavy atom. The Bertz CT molecular complexity index is 541. The fourth-order valence-electron chi connectivity index (χ4n) is 2.31. The van der Waals surface area contributed by atoms with Crippen LogP contribution in [0.4, 0.5) is 0 Å². The quantitative estimate of drug-likeness (QED) is 0.854. The summed E-state index contributed by atoms with van der Waals surface area (Å²) in [6.07, 6.45) is 2.07. The van der Waals surface area contributed by atoms with Crippen LogP contribution < -0.4 is 5.32 Å². The lowest BCUT2D eigenvalue weighted by molar-refractivity contribution is 0.0956. The highest BCUT2D eigenvalue weighted by Gasteiger charge is 2.24. The van der Waals surface area contributed by atoms with Crippen LogP contribution in [0.25, 0.3) is 10.4 Å². The van der Waals surface area contributed by atoms with Gasteiger partial charge < -0.3 is 5.32 Å². The van der Waals surface area contributed by atoms with Gasteiger partial charge in [0.05, 0.1) is 10.9 Å². The van der Waals surface area contributed by atoms with Gasteiger partial charge in [-0.25, -0.2) is 0 Å². The molecule has 2 heterocycles. The Labute approximate surface area is 111 Å². The van der Waals surface area contributed by atoms with E-state index < -0.39 is 0 Å². The second-order valence-corrected chi connectivity index (χ2v) is 5.63. The van der Waals surface area contributed by atoms with E-state index in [9.17, 15) is 4.79 Å². The summed E-state index contributed by atoms with van der Waals surface area (Å²) in [5.41, 5.74) is 1.18. The van der Waals surface area contributed by atoms with Gasteiger partial charge >= 0.3 is 0 Å². The van der Waals surface area contributed by atoms with Crippen LogP contribution in [0.2, 0.25) is 0 Å². The van der Waals surface area contributed by atoms with Crippen molar-refractivity contribution in [3.63, 3.8) is 0 Å². The number of carbonyl (C=O) groups is 1. The van der Waals surface area contributed by atoms with Gasteiger partial charge in [-0.2, -0.15) is 0 Å². The fourth-order valence-corrected chi connectivity index (χ4v) is 3.31. The van der Waals surface area contributed by atoms with Gasteiger partial charge in [0, 0.05) is 4.88 Å². The first-order valence-electron chi connectivity index (χ1n) is 6.27. The van der Waals surface area contributed by atoms with Crippen LogP contribution >= 0.6 is 11.3 Å². The summed E-state index contributed by atoms with van der Waals surface area (Å²) in [7, 11) is 0. The number of benzene rings is 1. The predicted octanol–water partition coefficient (Wildman–Crippen LogP) is 3.35. The second-order valence-electron chi connectivity index (χ2n) is 4.54. The van der Waals surface area contributed by atoms with Crippen LogP contribution in [-0.2, 0) is 0 Å². The Balaban J connectivity index is 1.83. The van der Waals surface area contributed by atoms with Crippen LogP contribution in [0.3, 0.4) is 0 Å². The van der Waals surface area contributed by atoms with E-state index in [1.54, 1.807) is 11.3 Å². The largest absolute Gasteiger partial charge is 0.307 e. The number of ketones is 1. The Kier molecular flexibility index (Phi) is 3.26. The molecule has 0 bridgehead atoms.